The van der Waals surface area contributed by atoms with E-state index in [1.54, 1.807) is 0 Å². The van der Waals surface area contributed by atoms with E-state index in [2.05, 4.69) is 74.6 Å². The summed E-state index contributed by atoms with van der Waals surface area (Å²) in [5.74, 6) is -1.99. The van der Waals surface area contributed by atoms with Crippen LogP contribution in [0.4, 0.5) is 0 Å². The number of carbonyl (C=O) groups excluding carboxylic acids is 2. The fraction of sp³-hybridized carbons (Fsp3) is 0.843. The number of unbranched alkanes of at least 4 members (excludes halogenated alkanes) is 50. The number of carbonyl (C=O) groups is 3. The minimum absolute atomic E-state index is 0.181. The van der Waals surface area contributed by atoms with Gasteiger partial charge in [-0.1, -0.05) is 383 Å². The first-order valence-electron chi connectivity index (χ1n) is 40.0. The topological polar surface area (TPSA) is 108 Å². The maximum Gasteiger partial charge on any atom is 0.361 e. The Bertz CT molecular complexity index is 1700. The number of esters is 2. The van der Waals surface area contributed by atoms with Gasteiger partial charge in [-0.25, -0.2) is 4.79 Å². The summed E-state index contributed by atoms with van der Waals surface area (Å²) in [6, 6.07) is 0. The molecule has 0 aromatic rings. The van der Waals surface area contributed by atoms with Crippen LogP contribution >= 0.6 is 0 Å². The van der Waals surface area contributed by atoms with Crippen LogP contribution in [0.3, 0.4) is 0 Å². The monoisotopic (exact) mass is 1290 g/mol. The maximum absolute atomic E-state index is 13.0. The van der Waals surface area contributed by atoms with Gasteiger partial charge in [0.05, 0.1) is 34.4 Å². The number of hydrogen-bond acceptors (Lipinski definition) is 7. The Morgan fingerprint density at radius 3 is 0.924 bits per heavy atom. The van der Waals surface area contributed by atoms with Gasteiger partial charge in [-0.3, -0.25) is 9.59 Å². The summed E-state index contributed by atoms with van der Waals surface area (Å²) < 4.78 is 23.0. The first kappa shape index (κ1) is 89.0. The van der Waals surface area contributed by atoms with E-state index in [-0.39, 0.29) is 32.2 Å². The van der Waals surface area contributed by atoms with Gasteiger partial charge in [-0.05, 0) is 57.8 Å². The lowest BCUT2D eigenvalue weighted by atomic mass is 10.0. The molecule has 0 spiro atoms. The number of quaternary nitrogens is 1. The molecule has 0 saturated heterocycles. The highest BCUT2D eigenvalue weighted by Crippen LogP contribution is 2.20. The summed E-state index contributed by atoms with van der Waals surface area (Å²) in [5, 5.41) is 9.77. The largest absolute Gasteiger partial charge is 0.477 e. The normalized spacial score (nSPS) is 12.9. The van der Waals surface area contributed by atoms with Crippen molar-refractivity contribution in [2.24, 2.45) is 0 Å². The van der Waals surface area contributed by atoms with E-state index in [0.717, 1.165) is 77.0 Å². The molecule has 0 bridgehead atoms. The number of hydrogen-bond donors (Lipinski definition) is 1. The van der Waals surface area contributed by atoms with E-state index in [4.69, 9.17) is 18.9 Å². The van der Waals surface area contributed by atoms with Crippen molar-refractivity contribution >= 4 is 17.9 Å². The molecule has 0 radical (unpaired) electrons. The van der Waals surface area contributed by atoms with Crippen molar-refractivity contribution in [3.05, 3.63) is 60.8 Å². The fourth-order valence-electron chi connectivity index (χ4n) is 12.0. The Morgan fingerprint density at radius 2 is 0.620 bits per heavy atom. The first-order valence-corrected chi connectivity index (χ1v) is 40.0. The molecule has 1 N–H and O–H groups in total. The van der Waals surface area contributed by atoms with Crippen LogP contribution in [0.15, 0.2) is 60.8 Å². The standard InChI is InChI=1S/C83H153NO8/c1-6-8-10-12-14-16-18-20-22-24-26-28-30-32-34-35-36-37-38-39-40-41-42-43-44-45-46-48-49-51-53-55-57-59-61-63-65-67-69-71-73-80(85)90-77-79(78-91-83(82(87)88)89-76-75-84(3,4)5)92-81(86)74-72-70-68-66-64-62-60-58-56-54-52-50-47-33-31-29-27-25-23-21-19-17-15-13-11-9-7-2/h9,11,15,17,21,23,27,29,33,47,79,83H,6-8,10,12-14,16,18-20,22,24-26,28,30-32,34-46,48-78H2,1-5H3/p+1/b11-9-,17-15-,23-21-,29-27-,47-33-. The molecule has 0 aromatic heterocycles. The van der Waals surface area contributed by atoms with Crippen molar-refractivity contribution in [1.29, 1.82) is 0 Å². The third kappa shape index (κ3) is 74.4. The average Bonchev–Trinajstić information content (AvgIpc) is 3.70. The summed E-state index contributed by atoms with van der Waals surface area (Å²) in [5.41, 5.74) is 0. The van der Waals surface area contributed by atoms with E-state index in [0.29, 0.717) is 17.4 Å². The van der Waals surface area contributed by atoms with Crippen LogP contribution < -0.4 is 0 Å². The lowest BCUT2D eigenvalue weighted by Gasteiger charge is -2.25. The number of allylic oxidation sites excluding steroid dienone is 10. The second-order valence-electron chi connectivity index (χ2n) is 28.4. The number of aliphatic carboxylic acids is 1. The molecular formula is C83H154NO8+. The molecule has 0 fully saturated rings. The van der Waals surface area contributed by atoms with E-state index in [9.17, 15) is 19.5 Å². The predicted octanol–water partition coefficient (Wildman–Crippen LogP) is 25.4. The van der Waals surface area contributed by atoms with Gasteiger partial charge in [-0.15, -0.1) is 0 Å². The van der Waals surface area contributed by atoms with Crippen molar-refractivity contribution < 1.29 is 42.9 Å². The van der Waals surface area contributed by atoms with Crippen LogP contribution in [-0.4, -0.2) is 87.4 Å². The maximum atomic E-state index is 13.0. The van der Waals surface area contributed by atoms with Crippen molar-refractivity contribution in [1.82, 2.24) is 0 Å². The highest BCUT2D eigenvalue weighted by Gasteiger charge is 2.25. The molecule has 0 saturated carbocycles. The highest BCUT2D eigenvalue weighted by atomic mass is 16.7. The van der Waals surface area contributed by atoms with E-state index in [1.807, 2.05) is 21.1 Å². The molecule has 0 aliphatic rings. The van der Waals surface area contributed by atoms with E-state index in [1.165, 1.54) is 289 Å². The van der Waals surface area contributed by atoms with Gasteiger partial charge in [-0.2, -0.15) is 0 Å². The van der Waals surface area contributed by atoms with Gasteiger partial charge in [0, 0.05) is 12.8 Å². The Morgan fingerprint density at radius 1 is 0.337 bits per heavy atom. The summed E-state index contributed by atoms with van der Waals surface area (Å²) in [6.07, 6.45) is 95.3. The van der Waals surface area contributed by atoms with Crippen molar-refractivity contribution in [3.8, 4) is 0 Å². The van der Waals surface area contributed by atoms with Crippen LogP contribution in [0.1, 0.15) is 393 Å². The molecule has 0 amide bonds. The quantitative estimate of drug-likeness (QED) is 0.0211. The van der Waals surface area contributed by atoms with Crippen LogP contribution in [0.2, 0.25) is 0 Å². The minimum Gasteiger partial charge on any atom is -0.477 e. The second-order valence-corrected chi connectivity index (χ2v) is 28.4. The van der Waals surface area contributed by atoms with Gasteiger partial charge in [0.2, 0.25) is 0 Å². The van der Waals surface area contributed by atoms with Gasteiger partial charge < -0.3 is 28.5 Å². The van der Waals surface area contributed by atoms with Gasteiger partial charge >= 0.3 is 17.9 Å². The molecular weight excluding hydrogens is 1140 g/mol. The predicted molar refractivity (Wildman–Crippen MR) is 397 cm³/mol. The Balaban J connectivity index is 3.95. The first-order chi connectivity index (χ1) is 45.1. The molecule has 2 atom stereocenters. The average molecular weight is 1290 g/mol. The summed E-state index contributed by atoms with van der Waals surface area (Å²) in [6.45, 7) is 4.82. The lowest BCUT2D eigenvalue weighted by molar-refractivity contribution is -0.870. The molecule has 9 nitrogen and oxygen atoms in total. The number of likely N-dealkylation sites (N-methyl/N-ethyl adjacent to an activating group) is 1. The van der Waals surface area contributed by atoms with Gasteiger partial charge in [0.1, 0.15) is 13.2 Å². The third-order valence-corrected chi connectivity index (χ3v) is 18.0. The minimum atomic E-state index is -1.51. The smallest absolute Gasteiger partial charge is 0.361 e. The van der Waals surface area contributed by atoms with Gasteiger partial charge in [0.15, 0.2) is 6.10 Å². The van der Waals surface area contributed by atoms with Crippen LogP contribution in [-0.2, 0) is 33.3 Å². The second kappa shape index (κ2) is 73.8. The lowest BCUT2D eigenvalue weighted by Crippen LogP contribution is -2.40. The molecule has 2 unspecified atom stereocenters. The van der Waals surface area contributed by atoms with Gasteiger partial charge in [0.25, 0.3) is 6.29 Å². The fourth-order valence-corrected chi connectivity index (χ4v) is 12.0. The SMILES string of the molecule is CC/C=C\C/C=C\C/C=C\C/C=C\C/C=C\CCCCCCCCCCCCCC(=O)OC(COC(=O)CCCCCCCCCCCCCCCCCCCCCCCCCCCCCCCCCCCCCCCCCC)COC(OCC[N+](C)(C)C)C(=O)O. The Kier molecular flexibility index (Phi) is 71.4. The number of carboxylic acids is 1. The molecule has 0 aromatic carbocycles. The number of carboxylic acid groups (broad SMARTS) is 1. The summed E-state index contributed by atoms with van der Waals surface area (Å²) in [4.78, 5) is 37.7. The van der Waals surface area contributed by atoms with E-state index >= 15 is 0 Å². The number of nitrogens with zero attached hydrogens (tertiary/aromatic N) is 1. The molecule has 0 aliphatic carbocycles. The molecule has 0 aliphatic heterocycles. The molecule has 92 heavy (non-hydrogen) atoms. The highest BCUT2D eigenvalue weighted by molar-refractivity contribution is 5.71. The summed E-state index contributed by atoms with van der Waals surface area (Å²) in [7, 11) is 5.99. The third-order valence-electron chi connectivity index (χ3n) is 18.0. The van der Waals surface area contributed by atoms with Crippen LogP contribution in [0.25, 0.3) is 0 Å². The zero-order valence-corrected chi connectivity index (χ0v) is 61.7. The zero-order chi connectivity index (χ0) is 66.8. The number of rotatable bonds is 75. The van der Waals surface area contributed by atoms with Crippen LogP contribution in [0.5, 0.6) is 0 Å². The summed E-state index contributed by atoms with van der Waals surface area (Å²) >= 11 is 0. The van der Waals surface area contributed by atoms with Crippen molar-refractivity contribution in [3.63, 3.8) is 0 Å². The number of ether oxygens (including phenoxy) is 4. The zero-order valence-electron chi connectivity index (χ0n) is 61.7. The molecule has 0 heterocycles. The van der Waals surface area contributed by atoms with Crippen molar-refractivity contribution in [2.75, 3.05) is 47.5 Å². The molecule has 9 heteroatoms. The molecule has 0 rings (SSSR count). The Hall–Kier alpha value is -3.01. The Labute approximate surface area is 571 Å². The van der Waals surface area contributed by atoms with Crippen LogP contribution in [0, 0.1) is 0 Å². The van der Waals surface area contributed by atoms with Crippen molar-refractivity contribution in [2.45, 2.75) is 405 Å². The molecule has 538 valence electrons. The van der Waals surface area contributed by atoms with E-state index < -0.39 is 24.3 Å².